The first-order valence-electron chi connectivity index (χ1n) is 10.0. The van der Waals surface area contributed by atoms with Crippen molar-refractivity contribution in [3.8, 4) is 0 Å². The lowest BCUT2D eigenvalue weighted by atomic mass is 9.95. The predicted molar refractivity (Wildman–Crippen MR) is 110 cm³/mol. The molecule has 1 saturated heterocycles. The molecule has 0 bridgehead atoms. The van der Waals surface area contributed by atoms with Crippen molar-refractivity contribution in [2.75, 3.05) is 6.54 Å². The average Bonchev–Trinajstić information content (AvgIpc) is 3.07. The van der Waals surface area contributed by atoms with Gasteiger partial charge in [-0.1, -0.05) is 81.8 Å². The number of aryl methyl sites for hydroxylation is 1. The molecule has 1 amide bonds. The minimum atomic E-state index is -0.0266. The van der Waals surface area contributed by atoms with Crippen LogP contribution in [0.25, 0.3) is 16.8 Å². The quantitative estimate of drug-likeness (QED) is 0.485. The fraction of sp³-hybridized carbons (Fsp3) is 0.435. The second-order valence-corrected chi connectivity index (χ2v) is 7.21. The van der Waals surface area contributed by atoms with Crippen molar-refractivity contribution < 1.29 is 4.79 Å². The van der Waals surface area contributed by atoms with E-state index in [9.17, 15) is 4.79 Å². The largest absolute Gasteiger partial charge is 0.287 e. The molecule has 1 aliphatic rings. The van der Waals surface area contributed by atoms with Gasteiger partial charge in [-0.2, -0.15) is 0 Å². The highest BCUT2D eigenvalue weighted by atomic mass is 16.2. The zero-order valence-electron chi connectivity index (χ0n) is 15.8. The predicted octanol–water partition coefficient (Wildman–Crippen LogP) is 5.15. The van der Waals surface area contributed by atoms with Crippen molar-refractivity contribution in [3.05, 3.63) is 53.1 Å². The Kier molecular flexibility index (Phi) is 6.84. The maximum Gasteiger partial charge on any atom is 0.262 e. The van der Waals surface area contributed by atoms with Crippen LogP contribution < -0.4 is 10.9 Å². The zero-order valence-corrected chi connectivity index (χ0v) is 15.8. The molecule has 0 unspecified atom stereocenters. The number of benzene rings is 2. The number of hydrazine groups is 1. The van der Waals surface area contributed by atoms with Gasteiger partial charge in [0.15, 0.2) is 0 Å². The lowest BCUT2D eigenvalue weighted by Gasteiger charge is -2.10. The van der Waals surface area contributed by atoms with Crippen molar-refractivity contribution in [1.29, 1.82) is 0 Å². The third kappa shape index (κ3) is 4.73. The number of nitrogens with one attached hydrogen (secondary N) is 2. The van der Waals surface area contributed by atoms with E-state index in [0.29, 0.717) is 6.54 Å². The van der Waals surface area contributed by atoms with Crippen LogP contribution in [-0.2, 0) is 11.2 Å². The van der Waals surface area contributed by atoms with Crippen LogP contribution in [0.5, 0.6) is 0 Å². The highest BCUT2D eigenvalue weighted by molar-refractivity contribution is 6.02. The summed E-state index contributed by atoms with van der Waals surface area (Å²) < 4.78 is 0. The molecular weight excluding hydrogens is 320 g/mol. The van der Waals surface area contributed by atoms with Crippen molar-refractivity contribution in [2.45, 2.75) is 58.3 Å². The van der Waals surface area contributed by atoms with Gasteiger partial charge in [0.05, 0.1) is 0 Å². The number of rotatable bonds is 9. The lowest BCUT2D eigenvalue weighted by Crippen LogP contribution is -2.25. The zero-order chi connectivity index (χ0) is 18.2. The molecule has 0 saturated carbocycles. The first-order chi connectivity index (χ1) is 12.8. The molecule has 2 aromatic carbocycles. The molecule has 26 heavy (non-hydrogen) atoms. The number of hydrogen-bond donors (Lipinski definition) is 2. The Hall–Kier alpha value is -2.13. The Morgan fingerprint density at radius 3 is 2.38 bits per heavy atom. The Morgan fingerprint density at radius 1 is 0.923 bits per heavy atom. The first-order valence-corrected chi connectivity index (χ1v) is 10.0. The van der Waals surface area contributed by atoms with E-state index in [1.54, 1.807) is 0 Å². The van der Waals surface area contributed by atoms with Gasteiger partial charge in [-0.15, -0.1) is 0 Å². The highest BCUT2D eigenvalue weighted by Gasteiger charge is 2.16. The normalized spacial score (nSPS) is 15.7. The summed E-state index contributed by atoms with van der Waals surface area (Å²) in [5.41, 5.74) is 8.86. The fourth-order valence-electron chi connectivity index (χ4n) is 3.69. The summed E-state index contributed by atoms with van der Waals surface area (Å²) in [6.07, 6.45) is 12.5. The van der Waals surface area contributed by atoms with Crippen molar-refractivity contribution in [1.82, 2.24) is 10.9 Å². The summed E-state index contributed by atoms with van der Waals surface area (Å²) in [6, 6.07) is 13.0. The SMILES string of the molecule is CCCCCCCCCc1ccc(/C=C2\CNNC2=O)c2ccccc12. The lowest BCUT2D eigenvalue weighted by molar-refractivity contribution is -0.116. The molecular formula is C23H30N2O. The number of hydrogen-bond acceptors (Lipinski definition) is 2. The Morgan fingerprint density at radius 2 is 1.65 bits per heavy atom. The second-order valence-electron chi connectivity index (χ2n) is 7.21. The third-order valence-corrected chi connectivity index (χ3v) is 5.20. The summed E-state index contributed by atoms with van der Waals surface area (Å²) in [4.78, 5) is 11.8. The topological polar surface area (TPSA) is 41.1 Å². The molecule has 0 aromatic heterocycles. The van der Waals surface area contributed by atoms with Gasteiger partial charge in [-0.25, -0.2) is 5.43 Å². The average molecular weight is 351 g/mol. The van der Waals surface area contributed by atoms with Crippen LogP contribution in [0.3, 0.4) is 0 Å². The number of fused-ring (bicyclic) bond motifs is 1. The molecule has 2 aromatic rings. The van der Waals surface area contributed by atoms with E-state index in [1.807, 2.05) is 6.08 Å². The second kappa shape index (κ2) is 9.54. The molecule has 138 valence electrons. The van der Waals surface area contributed by atoms with Gasteiger partial charge in [0.2, 0.25) is 0 Å². The summed E-state index contributed by atoms with van der Waals surface area (Å²) in [5, 5.41) is 2.55. The Bertz CT molecular complexity index is 779. The van der Waals surface area contributed by atoms with E-state index in [1.165, 1.54) is 61.3 Å². The van der Waals surface area contributed by atoms with Gasteiger partial charge >= 0.3 is 0 Å². The molecule has 0 aliphatic carbocycles. The van der Waals surface area contributed by atoms with Gasteiger partial charge < -0.3 is 0 Å². The first kappa shape index (κ1) is 18.7. The molecule has 0 atom stereocenters. The van der Waals surface area contributed by atoms with E-state index in [-0.39, 0.29) is 5.91 Å². The number of unbranched alkanes of at least 4 members (excludes halogenated alkanes) is 6. The molecule has 3 nitrogen and oxygen atoms in total. The van der Waals surface area contributed by atoms with Gasteiger partial charge in [0.25, 0.3) is 5.91 Å². The van der Waals surface area contributed by atoms with Crippen LogP contribution in [0.2, 0.25) is 0 Å². The molecule has 1 fully saturated rings. The van der Waals surface area contributed by atoms with Gasteiger partial charge in [0.1, 0.15) is 0 Å². The van der Waals surface area contributed by atoms with Crippen LogP contribution in [-0.4, -0.2) is 12.5 Å². The minimum Gasteiger partial charge on any atom is -0.287 e. The van der Waals surface area contributed by atoms with Crippen molar-refractivity contribution >= 4 is 22.8 Å². The van der Waals surface area contributed by atoms with Crippen LogP contribution in [0.4, 0.5) is 0 Å². The van der Waals surface area contributed by atoms with Crippen LogP contribution in [0, 0.1) is 0 Å². The van der Waals surface area contributed by atoms with E-state index < -0.39 is 0 Å². The molecule has 0 radical (unpaired) electrons. The maximum atomic E-state index is 11.8. The van der Waals surface area contributed by atoms with E-state index >= 15 is 0 Å². The van der Waals surface area contributed by atoms with Gasteiger partial charge in [-0.3, -0.25) is 10.2 Å². The monoisotopic (exact) mass is 350 g/mol. The van der Waals surface area contributed by atoms with Crippen LogP contribution in [0.1, 0.15) is 63.0 Å². The van der Waals surface area contributed by atoms with Gasteiger partial charge in [0, 0.05) is 12.1 Å². The molecule has 3 heteroatoms. The highest BCUT2D eigenvalue weighted by Crippen LogP contribution is 2.26. The Labute approximate surface area is 156 Å². The minimum absolute atomic E-state index is 0.0266. The summed E-state index contributed by atoms with van der Waals surface area (Å²) in [6.45, 7) is 2.84. The van der Waals surface area contributed by atoms with E-state index in [2.05, 4.69) is 54.2 Å². The smallest absolute Gasteiger partial charge is 0.262 e. The fourth-order valence-corrected chi connectivity index (χ4v) is 3.69. The molecule has 0 spiro atoms. The van der Waals surface area contributed by atoms with Crippen LogP contribution in [0.15, 0.2) is 42.0 Å². The third-order valence-electron chi connectivity index (χ3n) is 5.20. The van der Waals surface area contributed by atoms with E-state index in [4.69, 9.17) is 0 Å². The number of amides is 1. The van der Waals surface area contributed by atoms with Crippen molar-refractivity contribution in [3.63, 3.8) is 0 Å². The summed E-state index contributed by atoms with van der Waals surface area (Å²) in [7, 11) is 0. The molecule has 1 heterocycles. The molecule has 3 rings (SSSR count). The standard InChI is InChI=1S/C23H30N2O/c1-2-3-4-5-6-7-8-11-18-14-15-19(16-20-17-24-25-23(20)26)22-13-10-9-12-21(18)22/h9-10,12-16,24H,2-8,11,17H2,1H3,(H,25,26)/b20-16+. The van der Waals surface area contributed by atoms with Crippen LogP contribution >= 0.6 is 0 Å². The Balaban J connectivity index is 1.69. The molecule has 1 aliphatic heterocycles. The molecule has 2 N–H and O–H groups in total. The summed E-state index contributed by atoms with van der Waals surface area (Å²) >= 11 is 0. The number of carbonyl (C=O) groups excluding carboxylic acids is 1. The summed E-state index contributed by atoms with van der Waals surface area (Å²) in [5.74, 6) is -0.0266. The van der Waals surface area contributed by atoms with E-state index in [0.717, 1.165) is 17.6 Å². The number of carbonyl (C=O) groups is 1. The van der Waals surface area contributed by atoms with Gasteiger partial charge in [-0.05, 0) is 40.8 Å². The van der Waals surface area contributed by atoms with Crippen molar-refractivity contribution in [2.24, 2.45) is 0 Å². The maximum absolute atomic E-state index is 11.8.